The zero-order valence-corrected chi connectivity index (χ0v) is 12.1. The summed E-state index contributed by atoms with van der Waals surface area (Å²) in [6, 6.07) is 2.45. The van der Waals surface area contributed by atoms with Gasteiger partial charge in [0.1, 0.15) is 11.6 Å². The van der Waals surface area contributed by atoms with Crippen molar-refractivity contribution in [3.63, 3.8) is 0 Å². The Hall–Kier alpha value is -1.77. The van der Waals surface area contributed by atoms with Gasteiger partial charge in [-0.1, -0.05) is 11.8 Å². The predicted octanol–water partition coefficient (Wildman–Crippen LogP) is 3.11. The highest BCUT2D eigenvalue weighted by Crippen LogP contribution is 2.33. The zero-order valence-electron chi connectivity index (χ0n) is 11.3. The third-order valence-electron chi connectivity index (χ3n) is 2.86. The van der Waals surface area contributed by atoms with Crippen LogP contribution in [-0.2, 0) is 9.59 Å². The van der Waals surface area contributed by atoms with Crippen LogP contribution in [0.5, 0.6) is 5.75 Å². The summed E-state index contributed by atoms with van der Waals surface area (Å²) in [6.07, 6.45) is -4.88. The van der Waals surface area contributed by atoms with Gasteiger partial charge in [0.05, 0.1) is 5.69 Å². The molecule has 22 heavy (non-hydrogen) atoms. The number of thioether (sulfide) groups is 1. The van der Waals surface area contributed by atoms with Gasteiger partial charge >= 0.3 is 6.36 Å². The van der Waals surface area contributed by atoms with Crippen molar-refractivity contribution in [2.24, 2.45) is 0 Å². The maximum atomic E-state index is 13.8. The molecule has 0 radical (unpaired) electrons. The van der Waals surface area contributed by atoms with Gasteiger partial charge in [-0.2, -0.15) is 0 Å². The lowest BCUT2D eigenvalue weighted by Crippen LogP contribution is -2.26. The molecule has 120 valence electrons. The average molecular weight is 337 g/mol. The number of halogens is 4. The van der Waals surface area contributed by atoms with Crippen LogP contribution in [0.2, 0.25) is 0 Å². The Morgan fingerprint density at radius 2 is 2.09 bits per heavy atom. The smallest absolute Gasteiger partial charge is 0.406 e. The van der Waals surface area contributed by atoms with E-state index in [0.717, 1.165) is 34.9 Å². The molecule has 9 heteroatoms. The summed E-state index contributed by atoms with van der Waals surface area (Å²) < 4.78 is 54.1. The summed E-state index contributed by atoms with van der Waals surface area (Å²) in [5.74, 6) is -1.91. The van der Waals surface area contributed by atoms with Crippen LogP contribution < -0.4 is 9.64 Å². The van der Waals surface area contributed by atoms with E-state index >= 15 is 0 Å². The minimum atomic E-state index is -4.91. The second-order valence-corrected chi connectivity index (χ2v) is 6.08. The van der Waals surface area contributed by atoms with E-state index < -0.39 is 23.8 Å². The molecule has 1 atom stereocenters. The first-order chi connectivity index (χ1) is 10.2. The highest BCUT2D eigenvalue weighted by atomic mass is 32.2. The number of hydrogen-bond acceptors (Lipinski definition) is 4. The fourth-order valence-corrected chi connectivity index (χ4v) is 3.04. The molecule has 1 fully saturated rings. The number of carbonyl (C=O) groups is 2. The standard InChI is InChI=1S/C13H11F4NO3S/c1-7(19)22-9-5-12(20)18(6-9)11-4-8(2-3-10(11)14)21-13(15,16)17/h2-4,9H,5-6H2,1H3. The molecule has 2 rings (SSSR count). The molecule has 0 saturated carbocycles. The number of hydrogen-bond donors (Lipinski definition) is 0. The van der Waals surface area contributed by atoms with Crippen LogP contribution in [0.15, 0.2) is 18.2 Å². The van der Waals surface area contributed by atoms with Crippen LogP contribution in [0, 0.1) is 5.82 Å². The molecule has 0 aromatic heterocycles. The largest absolute Gasteiger partial charge is 0.573 e. The number of amides is 1. The van der Waals surface area contributed by atoms with Gasteiger partial charge in [0, 0.05) is 31.2 Å². The quantitative estimate of drug-likeness (QED) is 0.795. The number of nitrogens with zero attached hydrogens (tertiary/aromatic N) is 1. The Kier molecular flexibility index (Phi) is 4.64. The molecule has 1 amide bonds. The van der Waals surface area contributed by atoms with Gasteiger partial charge in [-0.3, -0.25) is 9.59 Å². The van der Waals surface area contributed by atoms with Crippen molar-refractivity contribution in [3.05, 3.63) is 24.0 Å². The van der Waals surface area contributed by atoms with Crippen molar-refractivity contribution >= 4 is 28.5 Å². The lowest BCUT2D eigenvalue weighted by Gasteiger charge is -2.18. The number of alkyl halides is 3. The van der Waals surface area contributed by atoms with Gasteiger partial charge in [0.25, 0.3) is 0 Å². The zero-order chi connectivity index (χ0) is 16.5. The van der Waals surface area contributed by atoms with Gasteiger partial charge in [-0.05, 0) is 12.1 Å². The maximum Gasteiger partial charge on any atom is 0.573 e. The molecule has 0 N–H and O–H groups in total. The molecule has 0 aliphatic carbocycles. The summed E-state index contributed by atoms with van der Waals surface area (Å²) >= 11 is 0.949. The SMILES string of the molecule is CC(=O)SC1CC(=O)N(c2cc(OC(F)(F)F)ccc2F)C1. The Morgan fingerprint density at radius 3 is 2.68 bits per heavy atom. The number of rotatable bonds is 3. The lowest BCUT2D eigenvalue weighted by atomic mass is 10.2. The second kappa shape index (κ2) is 6.15. The van der Waals surface area contributed by atoms with E-state index in [-0.39, 0.29) is 29.0 Å². The molecule has 4 nitrogen and oxygen atoms in total. The van der Waals surface area contributed by atoms with E-state index in [1.54, 1.807) is 0 Å². The molecule has 1 saturated heterocycles. The maximum absolute atomic E-state index is 13.8. The van der Waals surface area contributed by atoms with Gasteiger partial charge < -0.3 is 9.64 Å². The third kappa shape index (κ3) is 4.12. The first-order valence-electron chi connectivity index (χ1n) is 6.18. The third-order valence-corrected chi connectivity index (χ3v) is 3.85. The summed E-state index contributed by atoms with van der Waals surface area (Å²) in [7, 11) is 0. The normalized spacial score (nSPS) is 18.7. The second-order valence-electron chi connectivity index (χ2n) is 4.60. The van der Waals surface area contributed by atoms with E-state index in [4.69, 9.17) is 0 Å². The van der Waals surface area contributed by atoms with Crippen LogP contribution in [0.3, 0.4) is 0 Å². The van der Waals surface area contributed by atoms with E-state index in [9.17, 15) is 27.2 Å². The van der Waals surface area contributed by atoms with E-state index in [2.05, 4.69) is 4.74 Å². The highest BCUT2D eigenvalue weighted by Gasteiger charge is 2.35. The molecule has 1 heterocycles. The molecule has 1 aromatic rings. The summed E-state index contributed by atoms with van der Waals surface area (Å²) in [6.45, 7) is 1.39. The first-order valence-corrected chi connectivity index (χ1v) is 7.06. The van der Waals surface area contributed by atoms with Gasteiger partial charge in [-0.25, -0.2) is 4.39 Å². The predicted molar refractivity (Wildman–Crippen MR) is 72.1 cm³/mol. The Labute approximate surface area is 127 Å². The Bertz CT molecular complexity index is 605. The number of anilines is 1. The van der Waals surface area contributed by atoms with E-state index in [0.29, 0.717) is 0 Å². The Morgan fingerprint density at radius 1 is 1.41 bits per heavy atom. The van der Waals surface area contributed by atoms with Gasteiger partial charge in [-0.15, -0.1) is 13.2 Å². The molecular formula is C13H11F4NO3S. The summed E-state index contributed by atoms with van der Waals surface area (Å²) in [4.78, 5) is 24.0. The number of carbonyl (C=O) groups excluding carboxylic acids is 2. The molecule has 1 aliphatic heterocycles. The van der Waals surface area contributed by atoms with Crippen LogP contribution in [0.25, 0.3) is 0 Å². The number of benzene rings is 1. The van der Waals surface area contributed by atoms with Crippen LogP contribution in [-0.4, -0.2) is 29.2 Å². The van der Waals surface area contributed by atoms with Crippen molar-refractivity contribution in [1.29, 1.82) is 0 Å². The fraction of sp³-hybridized carbons (Fsp3) is 0.385. The molecule has 0 bridgehead atoms. The highest BCUT2D eigenvalue weighted by molar-refractivity contribution is 8.14. The molecule has 0 spiro atoms. The fourth-order valence-electron chi connectivity index (χ4n) is 2.12. The van der Waals surface area contributed by atoms with E-state index in [1.165, 1.54) is 6.92 Å². The van der Waals surface area contributed by atoms with Gasteiger partial charge in [0.2, 0.25) is 5.91 Å². The first kappa shape index (κ1) is 16.6. The summed E-state index contributed by atoms with van der Waals surface area (Å²) in [5.41, 5.74) is -0.293. The Balaban J connectivity index is 2.22. The van der Waals surface area contributed by atoms with Crippen molar-refractivity contribution in [3.8, 4) is 5.75 Å². The lowest BCUT2D eigenvalue weighted by molar-refractivity contribution is -0.274. The van der Waals surface area contributed by atoms with E-state index in [1.807, 2.05) is 0 Å². The van der Waals surface area contributed by atoms with Crippen molar-refractivity contribution in [2.45, 2.75) is 25.0 Å². The van der Waals surface area contributed by atoms with Crippen molar-refractivity contribution < 1.29 is 31.9 Å². The molecule has 1 aromatic carbocycles. The molecule has 1 unspecified atom stereocenters. The van der Waals surface area contributed by atoms with Gasteiger partial charge in [0.15, 0.2) is 5.12 Å². The molecular weight excluding hydrogens is 326 g/mol. The average Bonchev–Trinajstić information content (AvgIpc) is 2.70. The minimum Gasteiger partial charge on any atom is -0.406 e. The van der Waals surface area contributed by atoms with Crippen molar-refractivity contribution in [2.75, 3.05) is 11.4 Å². The monoisotopic (exact) mass is 337 g/mol. The molecule has 1 aliphatic rings. The minimum absolute atomic E-state index is 0.0219. The van der Waals surface area contributed by atoms with Crippen LogP contribution >= 0.6 is 11.8 Å². The summed E-state index contributed by atoms with van der Waals surface area (Å²) in [5, 5.41) is -0.536. The topological polar surface area (TPSA) is 46.6 Å². The van der Waals surface area contributed by atoms with Crippen LogP contribution in [0.1, 0.15) is 13.3 Å². The van der Waals surface area contributed by atoms with Crippen LogP contribution in [0.4, 0.5) is 23.2 Å². The van der Waals surface area contributed by atoms with Crippen molar-refractivity contribution in [1.82, 2.24) is 0 Å². The number of ether oxygens (including phenoxy) is 1.